The second kappa shape index (κ2) is 4.72. The van der Waals surface area contributed by atoms with Crippen LogP contribution in [-0.4, -0.2) is 18.9 Å². The Labute approximate surface area is 71.8 Å². The molecule has 0 aromatic carbocycles. The lowest BCUT2D eigenvalue weighted by Gasteiger charge is -1.98. The molecule has 0 radical (unpaired) electrons. The Bertz CT molecular complexity index is 229. The second-order valence-electron chi connectivity index (χ2n) is 2.61. The number of ketones is 1. The number of hydrogen-bond donors (Lipinski definition) is 1. The second-order valence-corrected chi connectivity index (χ2v) is 2.61. The predicted molar refractivity (Wildman–Crippen MR) is 46.2 cm³/mol. The maximum Gasteiger partial charge on any atom is 0.179 e. The van der Waals surface area contributed by atoms with Gasteiger partial charge < -0.3 is 9.73 Å². The maximum atomic E-state index is 11.3. The fourth-order valence-electron chi connectivity index (χ4n) is 0.904. The van der Waals surface area contributed by atoms with Crippen molar-refractivity contribution in [3.8, 4) is 0 Å². The molecule has 0 bridgehead atoms. The highest BCUT2D eigenvalue weighted by Crippen LogP contribution is 1.99. The lowest BCUT2D eigenvalue weighted by Crippen LogP contribution is -2.23. The van der Waals surface area contributed by atoms with Crippen LogP contribution in [0.25, 0.3) is 0 Å². The molecule has 0 atom stereocenters. The zero-order valence-corrected chi connectivity index (χ0v) is 7.17. The van der Waals surface area contributed by atoms with E-state index in [1.165, 1.54) is 12.5 Å². The minimum atomic E-state index is 0.0807. The largest absolute Gasteiger partial charge is 0.472 e. The summed E-state index contributed by atoms with van der Waals surface area (Å²) in [5, 5.41) is 3.03. The molecule has 1 rings (SSSR count). The fourth-order valence-corrected chi connectivity index (χ4v) is 0.904. The molecular formula is C9H13NO2. The molecule has 12 heavy (non-hydrogen) atoms. The van der Waals surface area contributed by atoms with Crippen molar-refractivity contribution in [3.05, 3.63) is 24.2 Å². The summed E-state index contributed by atoms with van der Waals surface area (Å²) in [6.45, 7) is 3.34. The average Bonchev–Trinajstić information content (AvgIpc) is 2.56. The van der Waals surface area contributed by atoms with E-state index in [0.717, 1.165) is 13.0 Å². The van der Waals surface area contributed by atoms with E-state index < -0.39 is 0 Å². The Morgan fingerprint density at radius 3 is 3.08 bits per heavy atom. The minimum Gasteiger partial charge on any atom is -0.472 e. The molecule has 0 saturated heterocycles. The van der Waals surface area contributed by atoms with Gasteiger partial charge in [-0.2, -0.15) is 0 Å². The maximum absolute atomic E-state index is 11.3. The Hall–Kier alpha value is -1.09. The molecule has 0 aliphatic rings. The van der Waals surface area contributed by atoms with Crippen molar-refractivity contribution in [3.63, 3.8) is 0 Å². The first kappa shape index (κ1) is 9.00. The van der Waals surface area contributed by atoms with E-state index in [0.29, 0.717) is 12.1 Å². The molecule has 1 aromatic rings. The highest BCUT2D eigenvalue weighted by molar-refractivity contribution is 5.97. The Balaban J connectivity index is 2.30. The van der Waals surface area contributed by atoms with E-state index in [1.54, 1.807) is 6.07 Å². The van der Waals surface area contributed by atoms with Gasteiger partial charge in [-0.3, -0.25) is 4.79 Å². The van der Waals surface area contributed by atoms with Gasteiger partial charge in [-0.05, 0) is 19.0 Å². The minimum absolute atomic E-state index is 0.0807. The first-order valence-corrected chi connectivity index (χ1v) is 4.10. The standard InChI is InChI=1S/C9H13NO2/c1-2-4-10-6-9(11)8-3-5-12-7-8/h3,5,7,10H,2,4,6H2,1H3. The highest BCUT2D eigenvalue weighted by Gasteiger charge is 2.04. The van der Waals surface area contributed by atoms with Crippen molar-refractivity contribution in [1.82, 2.24) is 5.32 Å². The van der Waals surface area contributed by atoms with Crippen LogP contribution in [0.1, 0.15) is 23.7 Å². The van der Waals surface area contributed by atoms with Crippen LogP contribution in [0.2, 0.25) is 0 Å². The molecular weight excluding hydrogens is 154 g/mol. The van der Waals surface area contributed by atoms with E-state index in [-0.39, 0.29) is 5.78 Å². The van der Waals surface area contributed by atoms with Gasteiger partial charge in [-0.1, -0.05) is 6.92 Å². The van der Waals surface area contributed by atoms with Crippen molar-refractivity contribution in [2.75, 3.05) is 13.1 Å². The van der Waals surface area contributed by atoms with Gasteiger partial charge in [0.25, 0.3) is 0 Å². The number of Topliss-reactive ketones (excluding diaryl/α,β-unsaturated/α-hetero) is 1. The van der Waals surface area contributed by atoms with Gasteiger partial charge in [0.1, 0.15) is 6.26 Å². The smallest absolute Gasteiger partial charge is 0.179 e. The highest BCUT2D eigenvalue weighted by atomic mass is 16.3. The van der Waals surface area contributed by atoms with Crippen LogP contribution < -0.4 is 5.32 Å². The number of nitrogens with one attached hydrogen (secondary N) is 1. The molecule has 0 unspecified atom stereocenters. The van der Waals surface area contributed by atoms with Gasteiger partial charge in [-0.15, -0.1) is 0 Å². The lowest BCUT2D eigenvalue weighted by atomic mass is 10.2. The number of carbonyl (C=O) groups is 1. The number of rotatable bonds is 5. The van der Waals surface area contributed by atoms with Crippen molar-refractivity contribution >= 4 is 5.78 Å². The molecule has 0 amide bonds. The quantitative estimate of drug-likeness (QED) is 0.533. The predicted octanol–water partition coefficient (Wildman–Crippen LogP) is 1.46. The Kier molecular flexibility index (Phi) is 3.54. The zero-order chi connectivity index (χ0) is 8.81. The van der Waals surface area contributed by atoms with Gasteiger partial charge in [0.2, 0.25) is 0 Å². The van der Waals surface area contributed by atoms with Crippen LogP contribution in [0.3, 0.4) is 0 Å². The summed E-state index contributed by atoms with van der Waals surface area (Å²) in [5.41, 5.74) is 0.638. The molecule has 0 aliphatic heterocycles. The molecule has 1 aromatic heterocycles. The average molecular weight is 167 g/mol. The van der Waals surface area contributed by atoms with Crippen LogP contribution in [0, 0.1) is 0 Å². The van der Waals surface area contributed by atoms with Crippen LogP contribution in [0.4, 0.5) is 0 Å². The van der Waals surface area contributed by atoms with Crippen LogP contribution in [0.5, 0.6) is 0 Å². The number of furan rings is 1. The SMILES string of the molecule is CCCNCC(=O)c1ccoc1. The first-order valence-electron chi connectivity index (χ1n) is 4.10. The summed E-state index contributed by atoms with van der Waals surface area (Å²) < 4.78 is 4.79. The molecule has 0 aliphatic carbocycles. The molecule has 3 heteroatoms. The Morgan fingerprint density at radius 1 is 1.67 bits per heavy atom. The third kappa shape index (κ3) is 2.51. The van der Waals surface area contributed by atoms with Crippen LogP contribution in [0.15, 0.2) is 23.0 Å². The van der Waals surface area contributed by atoms with Crippen LogP contribution in [-0.2, 0) is 0 Å². The van der Waals surface area contributed by atoms with Gasteiger partial charge in [0.05, 0.1) is 18.4 Å². The lowest BCUT2D eigenvalue weighted by molar-refractivity contribution is 0.0991. The topological polar surface area (TPSA) is 42.2 Å². The summed E-state index contributed by atoms with van der Waals surface area (Å²) in [7, 11) is 0. The monoisotopic (exact) mass is 167 g/mol. The van der Waals surface area contributed by atoms with Crippen molar-refractivity contribution in [2.45, 2.75) is 13.3 Å². The van der Waals surface area contributed by atoms with E-state index in [9.17, 15) is 4.79 Å². The molecule has 0 fully saturated rings. The summed E-state index contributed by atoms with van der Waals surface area (Å²) in [4.78, 5) is 11.3. The van der Waals surface area contributed by atoms with E-state index in [4.69, 9.17) is 4.42 Å². The first-order chi connectivity index (χ1) is 5.84. The van der Waals surface area contributed by atoms with Crippen molar-refractivity contribution in [2.24, 2.45) is 0 Å². The summed E-state index contributed by atoms with van der Waals surface area (Å²) in [5.74, 6) is 0.0807. The van der Waals surface area contributed by atoms with Gasteiger partial charge in [-0.25, -0.2) is 0 Å². The molecule has 0 spiro atoms. The summed E-state index contributed by atoms with van der Waals surface area (Å²) in [6, 6.07) is 1.68. The van der Waals surface area contributed by atoms with E-state index in [1.807, 2.05) is 0 Å². The van der Waals surface area contributed by atoms with Crippen molar-refractivity contribution in [1.29, 1.82) is 0 Å². The van der Waals surface area contributed by atoms with Crippen molar-refractivity contribution < 1.29 is 9.21 Å². The third-order valence-electron chi connectivity index (χ3n) is 1.56. The molecule has 1 N–H and O–H groups in total. The molecule has 66 valence electrons. The number of hydrogen-bond acceptors (Lipinski definition) is 3. The number of carbonyl (C=O) groups excluding carboxylic acids is 1. The summed E-state index contributed by atoms with van der Waals surface area (Å²) in [6.07, 6.45) is 4.02. The third-order valence-corrected chi connectivity index (χ3v) is 1.56. The Morgan fingerprint density at radius 2 is 2.50 bits per heavy atom. The van der Waals surface area contributed by atoms with E-state index >= 15 is 0 Å². The molecule has 0 saturated carbocycles. The van der Waals surface area contributed by atoms with E-state index in [2.05, 4.69) is 12.2 Å². The fraction of sp³-hybridized carbons (Fsp3) is 0.444. The van der Waals surface area contributed by atoms with Crippen LogP contribution >= 0.6 is 0 Å². The van der Waals surface area contributed by atoms with Gasteiger partial charge in [0.15, 0.2) is 5.78 Å². The van der Waals surface area contributed by atoms with Gasteiger partial charge in [0, 0.05) is 0 Å². The van der Waals surface area contributed by atoms with Gasteiger partial charge >= 0.3 is 0 Å². The zero-order valence-electron chi connectivity index (χ0n) is 7.17. The summed E-state index contributed by atoms with van der Waals surface area (Å²) >= 11 is 0. The molecule has 3 nitrogen and oxygen atoms in total. The molecule has 1 heterocycles. The normalized spacial score (nSPS) is 10.1.